The molecule has 1 aromatic carbocycles. The smallest absolute Gasteiger partial charge is 0.406 e. The standard InChI is InChI=1S/C13H18FNO3/c1-9(2)18-12-5-4-10(8-11(12)14)6-7-15-13(16)17-3/h4-5,8-9H,6-7H2,1-3H3,(H,15,16). The molecule has 0 bridgehead atoms. The predicted molar refractivity (Wildman–Crippen MR) is 66.3 cm³/mol. The number of benzene rings is 1. The first kappa shape index (κ1) is 14.3. The van der Waals surface area contributed by atoms with Gasteiger partial charge in [-0.05, 0) is 38.0 Å². The van der Waals surface area contributed by atoms with Crippen LogP contribution < -0.4 is 10.1 Å². The van der Waals surface area contributed by atoms with Gasteiger partial charge in [0.25, 0.3) is 0 Å². The van der Waals surface area contributed by atoms with Crippen LogP contribution in [0.25, 0.3) is 0 Å². The van der Waals surface area contributed by atoms with Crippen molar-refractivity contribution >= 4 is 6.09 Å². The average Bonchev–Trinajstić information content (AvgIpc) is 2.32. The molecular formula is C13H18FNO3. The lowest BCUT2D eigenvalue weighted by Gasteiger charge is -2.11. The highest BCUT2D eigenvalue weighted by Crippen LogP contribution is 2.19. The maximum absolute atomic E-state index is 13.6. The molecule has 0 radical (unpaired) electrons. The van der Waals surface area contributed by atoms with E-state index in [0.717, 1.165) is 5.56 Å². The lowest BCUT2D eigenvalue weighted by Crippen LogP contribution is -2.25. The molecule has 0 aliphatic rings. The molecule has 0 saturated heterocycles. The van der Waals surface area contributed by atoms with E-state index in [4.69, 9.17) is 4.74 Å². The summed E-state index contributed by atoms with van der Waals surface area (Å²) in [6.07, 6.45) is -0.0184. The summed E-state index contributed by atoms with van der Waals surface area (Å²) >= 11 is 0. The number of methoxy groups -OCH3 is 1. The number of carbonyl (C=O) groups is 1. The Labute approximate surface area is 106 Å². The van der Waals surface area contributed by atoms with Crippen LogP contribution in [0.1, 0.15) is 19.4 Å². The van der Waals surface area contributed by atoms with Gasteiger partial charge in [0, 0.05) is 6.54 Å². The minimum atomic E-state index is -0.491. The third-order valence-corrected chi connectivity index (χ3v) is 2.23. The van der Waals surface area contributed by atoms with E-state index in [1.807, 2.05) is 13.8 Å². The number of nitrogens with one attached hydrogen (secondary N) is 1. The molecule has 0 aromatic heterocycles. The molecule has 1 rings (SSSR count). The highest BCUT2D eigenvalue weighted by molar-refractivity contribution is 5.66. The molecule has 0 atom stereocenters. The number of carbonyl (C=O) groups excluding carboxylic acids is 1. The maximum Gasteiger partial charge on any atom is 0.406 e. The van der Waals surface area contributed by atoms with Crippen molar-refractivity contribution in [3.63, 3.8) is 0 Å². The summed E-state index contributed by atoms with van der Waals surface area (Å²) < 4.78 is 23.4. The molecule has 0 spiro atoms. The van der Waals surface area contributed by atoms with Gasteiger partial charge in [-0.2, -0.15) is 0 Å². The van der Waals surface area contributed by atoms with E-state index in [1.54, 1.807) is 12.1 Å². The SMILES string of the molecule is COC(=O)NCCc1ccc(OC(C)C)c(F)c1. The van der Waals surface area contributed by atoms with Crippen LogP contribution in [0.5, 0.6) is 5.75 Å². The van der Waals surface area contributed by atoms with Crippen LogP contribution in [0, 0.1) is 5.82 Å². The summed E-state index contributed by atoms with van der Waals surface area (Å²) in [6, 6.07) is 4.79. The summed E-state index contributed by atoms with van der Waals surface area (Å²) in [4.78, 5) is 10.8. The zero-order valence-electron chi connectivity index (χ0n) is 10.8. The number of rotatable bonds is 5. The van der Waals surface area contributed by atoms with Crippen LogP contribution in [0.4, 0.5) is 9.18 Å². The lowest BCUT2D eigenvalue weighted by molar-refractivity contribution is 0.171. The van der Waals surface area contributed by atoms with E-state index in [2.05, 4.69) is 10.1 Å². The van der Waals surface area contributed by atoms with Crippen LogP contribution in [0.2, 0.25) is 0 Å². The lowest BCUT2D eigenvalue weighted by atomic mass is 10.1. The second kappa shape index (κ2) is 6.83. The molecule has 0 unspecified atom stereocenters. The second-order valence-corrected chi connectivity index (χ2v) is 4.10. The molecule has 4 nitrogen and oxygen atoms in total. The fraction of sp³-hybridized carbons (Fsp3) is 0.462. The Morgan fingerprint density at radius 2 is 2.17 bits per heavy atom. The molecular weight excluding hydrogens is 237 g/mol. The monoisotopic (exact) mass is 255 g/mol. The van der Waals surface area contributed by atoms with Crippen molar-refractivity contribution in [1.29, 1.82) is 0 Å². The van der Waals surface area contributed by atoms with Crippen molar-refractivity contribution in [2.45, 2.75) is 26.4 Å². The fourth-order valence-corrected chi connectivity index (χ4v) is 1.43. The van der Waals surface area contributed by atoms with Gasteiger partial charge < -0.3 is 14.8 Å². The third-order valence-electron chi connectivity index (χ3n) is 2.23. The topological polar surface area (TPSA) is 47.6 Å². The average molecular weight is 255 g/mol. The van der Waals surface area contributed by atoms with Crippen molar-refractivity contribution < 1.29 is 18.7 Å². The normalized spacial score (nSPS) is 10.3. The molecule has 0 heterocycles. The number of halogens is 1. The van der Waals surface area contributed by atoms with E-state index in [-0.39, 0.29) is 17.7 Å². The summed E-state index contributed by atoms with van der Waals surface area (Å²) in [5, 5.41) is 2.53. The zero-order chi connectivity index (χ0) is 13.5. The summed E-state index contributed by atoms with van der Waals surface area (Å²) in [5.41, 5.74) is 0.792. The Hall–Kier alpha value is -1.78. The molecule has 1 aromatic rings. The predicted octanol–water partition coefficient (Wildman–Crippen LogP) is 2.51. The Kier molecular flexibility index (Phi) is 5.42. The van der Waals surface area contributed by atoms with Crippen LogP contribution >= 0.6 is 0 Å². The highest BCUT2D eigenvalue weighted by Gasteiger charge is 2.07. The summed E-state index contributed by atoms with van der Waals surface area (Å²) in [7, 11) is 1.30. The van der Waals surface area contributed by atoms with E-state index < -0.39 is 6.09 Å². The van der Waals surface area contributed by atoms with E-state index in [9.17, 15) is 9.18 Å². The van der Waals surface area contributed by atoms with Gasteiger partial charge in [-0.25, -0.2) is 9.18 Å². The molecule has 18 heavy (non-hydrogen) atoms. The first-order valence-corrected chi connectivity index (χ1v) is 5.80. The number of alkyl carbamates (subject to hydrolysis) is 1. The van der Waals surface area contributed by atoms with Gasteiger partial charge in [-0.1, -0.05) is 6.07 Å². The molecule has 0 fully saturated rings. The Morgan fingerprint density at radius 1 is 1.44 bits per heavy atom. The highest BCUT2D eigenvalue weighted by atomic mass is 19.1. The first-order valence-electron chi connectivity index (χ1n) is 5.80. The first-order chi connectivity index (χ1) is 8.52. The number of hydrogen-bond donors (Lipinski definition) is 1. The summed E-state index contributed by atoms with van der Waals surface area (Å²) in [5.74, 6) is -0.144. The van der Waals surface area contributed by atoms with Crippen LogP contribution in [-0.4, -0.2) is 25.9 Å². The van der Waals surface area contributed by atoms with Crippen molar-refractivity contribution in [3.8, 4) is 5.75 Å². The molecule has 0 aliphatic carbocycles. The van der Waals surface area contributed by atoms with Gasteiger partial charge in [0.05, 0.1) is 13.2 Å². The quantitative estimate of drug-likeness (QED) is 0.879. The van der Waals surface area contributed by atoms with Crippen molar-refractivity contribution in [3.05, 3.63) is 29.6 Å². The molecule has 0 saturated carbocycles. The minimum absolute atomic E-state index is 0.0636. The van der Waals surface area contributed by atoms with Gasteiger partial charge in [0.1, 0.15) is 0 Å². The molecule has 1 N–H and O–H groups in total. The van der Waals surface area contributed by atoms with Gasteiger partial charge in [-0.15, -0.1) is 0 Å². The van der Waals surface area contributed by atoms with E-state index in [0.29, 0.717) is 13.0 Å². The van der Waals surface area contributed by atoms with Crippen LogP contribution in [0.15, 0.2) is 18.2 Å². The number of hydrogen-bond acceptors (Lipinski definition) is 3. The van der Waals surface area contributed by atoms with E-state index in [1.165, 1.54) is 13.2 Å². The van der Waals surface area contributed by atoms with Crippen molar-refractivity contribution in [2.75, 3.05) is 13.7 Å². The second-order valence-electron chi connectivity index (χ2n) is 4.10. The molecule has 100 valence electrons. The number of amides is 1. The van der Waals surface area contributed by atoms with Crippen molar-refractivity contribution in [1.82, 2.24) is 5.32 Å². The largest absolute Gasteiger partial charge is 0.488 e. The minimum Gasteiger partial charge on any atom is -0.488 e. The number of ether oxygens (including phenoxy) is 2. The molecule has 1 amide bonds. The maximum atomic E-state index is 13.6. The fourth-order valence-electron chi connectivity index (χ4n) is 1.43. The van der Waals surface area contributed by atoms with Gasteiger partial charge in [-0.3, -0.25) is 0 Å². The molecule has 5 heteroatoms. The van der Waals surface area contributed by atoms with Crippen molar-refractivity contribution in [2.24, 2.45) is 0 Å². The Morgan fingerprint density at radius 3 is 2.72 bits per heavy atom. The molecule has 0 aliphatic heterocycles. The third kappa shape index (κ3) is 4.61. The zero-order valence-corrected chi connectivity index (χ0v) is 10.8. The van der Waals surface area contributed by atoms with Gasteiger partial charge in [0.15, 0.2) is 11.6 Å². The van der Waals surface area contributed by atoms with Gasteiger partial charge in [0.2, 0.25) is 0 Å². The Balaban J connectivity index is 2.53. The summed E-state index contributed by atoms with van der Waals surface area (Å²) in [6.45, 7) is 4.08. The van der Waals surface area contributed by atoms with Crippen LogP contribution in [-0.2, 0) is 11.2 Å². The van der Waals surface area contributed by atoms with E-state index >= 15 is 0 Å². The van der Waals surface area contributed by atoms with Crippen LogP contribution in [0.3, 0.4) is 0 Å². The Bertz CT molecular complexity index is 407. The van der Waals surface area contributed by atoms with Gasteiger partial charge >= 0.3 is 6.09 Å².